The average molecular weight is 968 g/mol. The molecule has 19 atom stereocenters. The molecular formula is C48H77N3O17. The molecule has 0 saturated carbocycles. The van der Waals surface area contributed by atoms with Crippen LogP contribution in [0.2, 0.25) is 0 Å². The van der Waals surface area contributed by atoms with Crippen LogP contribution in [0.3, 0.4) is 0 Å². The predicted octanol–water partition coefficient (Wildman–Crippen LogP) is -0.0458. The maximum absolute atomic E-state index is 12.6. The van der Waals surface area contributed by atoms with Gasteiger partial charge in [-0.25, -0.2) is 10.5 Å². The van der Waals surface area contributed by atoms with Crippen LogP contribution >= 0.6 is 0 Å². The van der Waals surface area contributed by atoms with E-state index in [0.717, 1.165) is 0 Å². The van der Waals surface area contributed by atoms with Crippen LogP contribution < -0.4 is 11.2 Å². The van der Waals surface area contributed by atoms with Crippen LogP contribution in [0.4, 0.5) is 0 Å². The Hall–Kier alpha value is -3.68. The van der Waals surface area contributed by atoms with E-state index in [9.17, 15) is 66.2 Å². The Labute approximate surface area is 398 Å². The first-order chi connectivity index (χ1) is 32.2. The molecule has 0 aliphatic carbocycles. The molecule has 0 spiro atoms. The fourth-order valence-electron chi connectivity index (χ4n) is 8.24. The largest absolute Gasteiger partial charge is 0.462 e. The van der Waals surface area contributed by atoms with Gasteiger partial charge in [-0.15, -0.1) is 0 Å². The van der Waals surface area contributed by atoms with Gasteiger partial charge < -0.3 is 80.9 Å². The number of allylic oxidation sites excluding steroid dienone is 12. The number of esters is 1. The molecule has 2 bridgehead atoms. The van der Waals surface area contributed by atoms with Gasteiger partial charge in [-0.1, -0.05) is 98.9 Å². The van der Waals surface area contributed by atoms with Crippen molar-refractivity contribution in [2.45, 2.75) is 177 Å². The lowest BCUT2D eigenvalue weighted by atomic mass is 9.83. The number of nitrogens with two attached hydrogens (primary N) is 1. The molecule has 15 N–H and O–H groups in total. The number of ether oxygens (including phenoxy) is 4. The minimum atomic E-state index is -2.21. The monoisotopic (exact) mass is 968 g/mol. The van der Waals surface area contributed by atoms with Gasteiger partial charge in [-0.3, -0.25) is 10.0 Å². The third-order valence-corrected chi connectivity index (χ3v) is 12.4. The zero-order chi connectivity index (χ0) is 50.6. The summed E-state index contributed by atoms with van der Waals surface area (Å²) >= 11 is 0. The molecule has 68 heavy (non-hydrogen) atoms. The second-order valence-electron chi connectivity index (χ2n) is 18.1. The number of fused-ring (bicyclic) bond motifs is 2. The number of hydrogen-bond donors (Lipinski definition) is 14. The van der Waals surface area contributed by atoms with Gasteiger partial charge in [0.05, 0.1) is 74.1 Å². The Morgan fingerprint density at radius 2 is 1.31 bits per heavy atom. The molecule has 0 unspecified atom stereocenters. The molecule has 2 saturated heterocycles. The lowest BCUT2D eigenvalue weighted by molar-refractivity contribution is -0.312. The molecule has 3 heterocycles. The number of hydroxylamine groups is 1. The standard InChI is InChI=1S/C48H77N3O17/c1-28-17-15-13-11-9-7-5-6-8-10-12-14-16-18-35(67-46-45(62)42(50-47(49)51-64)44(61)31(4)66-46)24-40-36(27-52)39(58)26-48(63,68-40)25-34(55)22-38(57)37(56)20-19-32(53)21-33(54)23-41(59)65-30(3)29(2)43(28)60/h5-18,28-40,42-46,52-58,60-64H,19-27H2,1-4H3,(H3,49,50,51)/b6-5-,9-7-,10-8-,13-11-,14-12-,17-15-,18-16-/t28-,29-,30-,31+,32+,33+,34-,35-,36+,37+,38+,39-,40-,42-,43+,44+,45-,46-,48+/m0/s1. The van der Waals surface area contributed by atoms with Crippen molar-refractivity contribution >= 4 is 11.9 Å². The van der Waals surface area contributed by atoms with Gasteiger partial charge in [0.1, 0.15) is 24.4 Å². The van der Waals surface area contributed by atoms with Crippen LogP contribution in [0, 0.1) is 17.8 Å². The number of guanidine groups is 1. The van der Waals surface area contributed by atoms with Crippen LogP contribution in [0.25, 0.3) is 0 Å². The zero-order valence-corrected chi connectivity index (χ0v) is 39.3. The topological polar surface area (TPSA) is 347 Å². The van der Waals surface area contributed by atoms with Gasteiger partial charge in [0.2, 0.25) is 5.96 Å². The van der Waals surface area contributed by atoms with E-state index in [1.807, 2.05) is 37.3 Å². The molecule has 20 nitrogen and oxygen atoms in total. The van der Waals surface area contributed by atoms with Gasteiger partial charge in [-0.2, -0.15) is 0 Å². The minimum absolute atomic E-state index is 0.0914. The molecule has 0 amide bonds. The summed E-state index contributed by atoms with van der Waals surface area (Å²) in [5.74, 6) is -5.12. The fraction of sp³-hybridized carbons (Fsp3) is 0.667. The molecule has 2 fully saturated rings. The van der Waals surface area contributed by atoms with E-state index in [1.54, 1.807) is 74.0 Å². The van der Waals surface area contributed by atoms with Crippen LogP contribution in [-0.2, 0) is 23.7 Å². The van der Waals surface area contributed by atoms with Crippen LogP contribution in [0.5, 0.6) is 0 Å². The second kappa shape index (κ2) is 29.5. The van der Waals surface area contributed by atoms with E-state index in [-0.39, 0.29) is 31.6 Å². The van der Waals surface area contributed by atoms with Crippen molar-refractivity contribution < 1.29 is 85.1 Å². The molecule has 20 heteroatoms. The quantitative estimate of drug-likeness (QED) is 0.0760. The maximum Gasteiger partial charge on any atom is 0.308 e. The van der Waals surface area contributed by atoms with Crippen molar-refractivity contribution in [1.82, 2.24) is 5.48 Å². The van der Waals surface area contributed by atoms with Crippen molar-refractivity contribution in [3.05, 3.63) is 85.1 Å². The summed E-state index contributed by atoms with van der Waals surface area (Å²) in [5.41, 5.74) is 7.26. The van der Waals surface area contributed by atoms with E-state index in [2.05, 4.69) is 4.99 Å². The number of carbonyl (C=O) groups is 1. The summed E-state index contributed by atoms with van der Waals surface area (Å²) in [6, 6.07) is -1.30. The number of carbonyl (C=O) groups excluding carboxylic acids is 1. The van der Waals surface area contributed by atoms with Crippen LogP contribution in [0.15, 0.2) is 90.1 Å². The zero-order valence-electron chi connectivity index (χ0n) is 39.3. The summed E-state index contributed by atoms with van der Waals surface area (Å²) in [6.45, 7) is 6.15. The molecule has 3 rings (SSSR count). The Kier molecular flexibility index (Phi) is 25.4. The van der Waals surface area contributed by atoms with Gasteiger partial charge in [0.25, 0.3) is 0 Å². The van der Waals surface area contributed by atoms with Gasteiger partial charge in [-0.05, 0) is 33.1 Å². The van der Waals surface area contributed by atoms with Crippen molar-refractivity contribution in [3.8, 4) is 0 Å². The Morgan fingerprint density at radius 3 is 1.90 bits per heavy atom. The highest BCUT2D eigenvalue weighted by Gasteiger charge is 2.49. The highest BCUT2D eigenvalue weighted by atomic mass is 16.7. The summed E-state index contributed by atoms with van der Waals surface area (Å²) in [6.07, 6.45) is 4.65. The molecule has 3 aliphatic rings. The van der Waals surface area contributed by atoms with E-state index >= 15 is 0 Å². The highest BCUT2D eigenvalue weighted by Crippen LogP contribution is 2.38. The third-order valence-electron chi connectivity index (χ3n) is 12.4. The first-order valence-electron chi connectivity index (χ1n) is 23.2. The van der Waals surface area contributed by atoms with Gasteiger partial charge >= 0.3 is 5.97 Å². The van der Waals surface area contributed by atoms with Crippen LogP contribution in [0.1, 0.15) is 79.1 Å². The summed E-state index contributed by atoms with van der Waals surface area (Å²) in [4.78, 5) is 16.6. The van der Waals surface area contributed by atoms with Crippen molar-refractivity contribution in [2.75, 3.05) is 6.61 Å². The van der Waals surface area contributed by atoms with E-state index in [0.29, 0.717) is 0 Å². The lowest BCUT2D eigenvalue weighted by Crippen LogP contribution is -2.58. The molecule has 0 radical (unpaired) electrons. The van der Waals surface area contributed by atoms with Gasteiger partial charge in [0, 0.05) is 43.4 Å². The Bertz CT molecular complexity index is 1740. The predicted molar refractivity (Wildman–Crippen MR) is 249 cm³/mol. The van der Waals surface area contributed by atoms with E-state index in [1.165, 1.54) is 6.92 Å². The Morgan fingerprint density at radius 1 is 0.721 bits per heavy atom. The normalized spacial score (nSPS) is 44.3. The molecule has 0 aromatic heterocycles. The molecule has 0 aromatic carbocycles. The first kappa shape index (κ1) is 58.6. The first-order valence-corrected chi connectivity index (χ1v) is 23.2. The number of nitrogens with one attached hydrogen (secondary N) is 1. The number of nitrogens with zero attached hydrogens (tertiary/aromatic N) is 1. The van der Waals surface area contributed by atoms with E-state index in [4.69, 9.17) is 24.7 Å². The number of aliphatic imine (C=N–C) groups is 1. The average Bonchev–Trinajstić information content (AvgIpc) is 3.27. The molecule has 3 aliphatic heterocycles. The maximum atomic E-state index is 12.6. The van der Waals surface area contributed by atoms with Crippen molar-refractivity contribution in [3.63, 3.8) is 0 Å². The SMILES string of the molecule is C[C@@H]1[C@H](O)[C@@H](C)\C=C/C=C\C=C/C=C\C=C/C=C\C=C/[C@H](O[C@@H]2O[C@H](C)[C@@H](O)[C@H](N=C(N)NO)[C@@H]2O)C[C@@H]2O[C@](O)(C[C@@H](O)C[C@@H](O)[C@H](O)CC[C@@H](O)C[C@@H](O)CC(=O)O[C@H]1C)C[C@H](O)[C@H]2CO. The fourth-order valence-corrected chi connectivity index (χ4v) is 8.24. The molecule has 0 aromatic rings. The van der Waals surface area contributed by atoms with Gasteiger partial charge in [0.15, 0.2) is 12.1 Å². The number of rotatable bonds is 4. The van der Waals surface area contributed by atoms with Crippen LogP contribution in [-0.4, -0.2) is 177 Å². The summed E-state index contributed by atoms with van der Waals surface area (Å²) in [7, 11) is 0. The third kappa shape index (κ3) is 19.6. The van der Waals surface area contributed by atoms with Crippen molar-refractivity contribution in [2.24, 2.45) is 28.5 Å². The summed E-state index contributed by atoms with van der Waals surface area (Å²) in [5, 5.41) is 129. The molecular weight excluding hydrogens is 891 g/mol. The van der Waals surface area contributed by atoms with E-state index < -0.39 is 154 Å². The Balaban J connectivity index is 1.88. The van der Waals surface area contributed by atoms with Crippen molar-refractivity contribution in [1.29, 1.82) is 0 Å². The number of hydrogen-bond acceptors (Lipinski definition) is 18. The lowest BCUT2D eigenvalue weighted by Gasteiger charge is -2.46. The second-order valence-corrected chi connectivity index (χ2v) is 18.1. The smallest absolute Gasteiger partial charge is 0.308 e. The minimum Gasteiger partial charge on any atom is -0.462 e. The number of cyclic esters (lactones) is 1. The number of aliphatic hydroxyl groups excluding tert-OH is 10. The highest BCUT2D eigenvalue weighted by molar-refractivity contribution is 5.76. The number of aliphatic hydroxyl groups is 11. The summed E-state index contributed by atoms with van der Waals surface area (Å²) < 4.78 is 23.6. The molecule has 386 valence electrons.